The van der Waals surface area contributed by atoms with E-state index in [0.29, 0.717) is 0 Å². The van der Waals surface area contributed by atoms with E-state index >= 15 is 0 Å². The number of benzene rings is 7. The molecule has 1 aliphatic heterocycles. The van der Waals surface area contributed by atoms with Gasteiger partial charge in [0.2, 0.25) is 0 Å². The van der Waals surface area contributed by atoms with Crippen molar-refractivity contribution in [2.24, 2.45) is 0 Å². The second-order valence-electron chi connectivity index (χ2n) is 19.0. The number of nitrogens with zero attached hydrogens (tertiary/aromatic N) is 4. The number of anilines is 3. The summed E-state index contributed by atoms with van der Waals surface area (Å²) in [5, 5.41) is 2.36. The molecule has 1 aliphatic carbocycles. The number of rotatable bonds is 6. The summed E-state index contributed by atoms with van der Waals surface area (Å²) in [6, 6.07) is 68.1. The third-order valence-corrected chi connectivity index (χ3v) is 13.1. The second kappa shape index (κ2) is 15.2. The molecule has 63 heavy (non-hydrogen) atoms. The molecule has 0 N–H and O–H groups in total. The number of fused-ring (bicyclic) bond motifs is 7. The average Bonchev–Trinajstić information content (AvgIpc) is 3.92. The van der Waals surface area contributed by atoms with E-state index in [-0.39, 0.29) is 31.9 Å². The maximum absolute atomic E-state index is 5.07. The minimum absolute atomic E-state index is 0. The van der Waals surface area contributed by atoms with E-state index < -0.39 is 5.41 Å². The molecule has 3 heterocycles. The zero-order chi connectivity index (χ0) is 42.4. The summed E-state index contributed by atoms with van der Waals surface area (Å²) in [4.78, 5) is 9.71. The molecule has 0 unspecified atom stereocenters. The van der Waals surface area contributed by atoms with Gasteiger partial charge in [-0.2, -0.15) is 49.1 Å². The van der Waals surface area contributed by atoms with Crippen LogP contribution < -0.4 is 9.80 Å². The monoisotopic (exact) mass is 996 g/mol. The van der Waals surface area contributed by atoms with Crippen LogP contribution in [0, 0.1) is 18.8 Å². The Bertz CT molecular complexity index is 3140. The third kappa shape index (κ3) is 6.56. The first kappa shape index (κ1) is 40.8. The smallest absolute Gasteiger partial charge is 0.135 e. The van der Waals surface area contributed by atoms with Gasteiger partial charge < -0.3 is 14.4 Å². The van der Waals surface area contributed by atoms with Crippen molar-refractivity contribution >= 4 is 38.9 Å². The fraction of sp³-hybridized carbons (Fsp3) is 0.172. The molecular weight excluding hydrogens is 948 g/mol. The zero-order valence-electron chi connectivity index (χ0n) is 36.6. The fourth-order valence-corrected chi connectivity index (χ4v) is 9.92. The Morgan fingerprint density at radius 3 is 1.92 bits per heavy atom. The molecule has 0 saturated heterocycles. The first-order valence-electron chi connectivity index (χ1n) is 21.7. The van der Waals surface area contributed by atoms with Crippen molar-refractivity contribution in [2.75, 3.05) is 9.80 Å². The number of aromatic nitrogens is 2. The van der Waals surface area contributed by atoms with E-state index in [9.17, 15) is 0 Å². The topological polar surface area (TPSA) is 24.3 Å². The Morgan fingerprint density at radius 2 is 1.21 bits per heavy atom. The summed E-state index contributed by atoms with van der Waals surface area (Å²) in [6.45, 7) is 16.7. The fourth-order valence-electron chi connectivity index (χ4n) is 9.92. The summed E-state index contributed by atoms with van der Waals surface area (Å²) in [6.07, 6.45) is 1.96. The molecule has 0 radical (unpaired) electrons. The van der Waals surface area contributed by atoms with Crippen molar-refractivity contribution in [3.05, 3.63) is 228 Å². The van der Waals surface area contributed by atoms with Crippen LogP contribution in [0.4, 0.5) is 17.1 Å². The normalized spacial score (nSPS) is 14.1. The molecule has 9 aromatic rings. The van der Waals surface area contributed by atoms with E-state index in [1.165, 1.54) is 50.0 Å². The summed E-state index contributed by atoms with van der Waals surface area (Å²) in [5.41, 5.74) is 15.5. The Hall–Kier alpha value is -6.22. The number of para-hydroxylation sites is 2. The SMILES string of the molecule is CC(C)(C)c1ccnc(-n2c3[c-]c(C4(c5[c-]c(N6[CH-]N(Cc7ccccc7)c7ccccc76)ccc5)c5ccccc5-c5ccccc54)ccc3c3cc(C(C)(C)C)ccc32)c1.[Pt]. The van der Waals surface area contributed by atoms with Gasteiger partial charge in [0, 0.05) is 56.1 Å². The number of pyridine rings is 1. The Kier molecular flexibility index (Phi) is 9.88. The van der Waals surface area contributed by atoms with Crippen molar-refractivity contribution in [3.8, 4) is 16.9 Å². The molecule has 11 rings (SSSR count). The van der Waals surface area contributed by atoms with Crippen LogP contribution in [0.25, 0.3) is 38.8 Å². The van der Waals surface area contributed by atoms with Gasteiger partial charge in [-0.25, -0.2) is 4.98 Å². The molecule has 5 heteroatoms. The van der Waals surface area contributed by atoms with E-state index in [2.05, 4.69) is 239 Å². The molecule has 0 fully saturated rings. The van der Waals surface area contributed by atoms with Gasteiger partial charge >= 0.3 is 0 Å². The minimum Gasteiger partial charge on any atom is -0.498 e. The van der Waals surface area contributed by atoms with Crippen molar-refractivity contribution < 1.29 is 21.1 Å². The molecular formula is C58H49N4Pt-3. The number of hydrogen-bond acceptors (Lipinski definition) is 3. The molecule has 2 aliphatic rings. The Labute approximate surface area is 386 Å². The van der Waals surface area contributed by atoms with E-state index in [0.717, 1.165) is 51.3 Å². The van der Waals surface area contributed by atoms with Crippen LogP contribution in [0.3, 0.4) is 0 Å². The predicted molar refractivity (Wildman–Crippen MR) is 256 cm³/mol. The number of hydrogen-bond donors (Lipinski definition) is 0. The van der Waals surface area contributed by atoms with Crippen LogP contribution in [0.1, 0.15) is 80.5 Å². The third-order valence-electron chi connectivity index (χ3n) is 13.1. The van der Waals surface area contributed by atoms with Crippen LogP contribution in [-0.4, -0.2) is 9.55 Å². The molecule has 0 spiro atoms. The molecule has 314 valence electrons. The quantitative estimate of drug-likeness (QED) is 0.155. The Balaban J connectivity index is 0.00000471. The predicted octanol–water partition coefficient (Wildman–Crippen LogP) is 14.0. The molecule has 0 atom stereocenters. The van der Waals surface area contributed by atoms with Gasteiger partial charge in [0.1, 0.15) is 5.82 Å². The van der Waals surface area contributed by atoms with Crippen LogP contribution >= 0.6 is 0 Å². The minimum atomic E-state index is -0.723. The molecule has 2 aromatic heterocycles. The van der Waals surface area contributed by atoms with Crippen molar-refractivity contribution in [1.82, 2.24) is 9.55 Å². The first-order valence-corrected chi connectivity index (χ1v) is 21.7. The first-order chi connectivity index (χ1) is 30.0. The van der Waals surface area contributed by atoms with Gasteiger partial charge in [-0.15, -0.1) is 22.2 Å². The van der Waals surface area contributed by atoms with Crippen LogP contribution in [0.15, 0.2) is 170 Å². The summed E-state index contributed by atoms with van der Waals surface area (Å²) < 4.78 is 2.34. The summed E-state index contributed by atoms with van der Waals surface area (Å²) in [5.74, 6) is 0.896. The van der Waals surface area contributed by atoms with Gasteiger partial charge in [0.05, 0.1) is 0 Å². The van der Waals surface area contributed by atoms with Crippen LogP contribution in [-0.2, 0) is 43.9 Å². The Morgan fingerprint density at radius 1 is 0.571 bits per heavy atom. The molecule has 4 nitrogen and oxygen atoms in total. The van der Waals surface area contributed by atoms with E-state index in [1.54, 1.807) is 0 Å². The molecule has 0 amide bonds. The largest absolute Gasteiger partial charge is 0.498 e. The van der Waals surface area contributed by atoms with Gasteiger partial charge in [-0.3, -0.25) is 0 Å². The van der Waals surface area contributed by atoms with Crippen molar-refractivity contribution in [1.29, 1.82) is 0 Å². The van der Waals surface area contributed by atoms with Crippen LogP contribution in [0.5, 0.6) is 0 Å². The summed E-state index contributed by atoms with van der Waals surface area (Å²) in [7, 11) is 0. The van der Waals surface area contributed by atoms with Gasteiger partial charge in [-0.05, 0) is 85.5 Å². The van der Waals surface area contributed by atoms with Crippen molar-refractivity contribution in [3.63, 3.8) is 0 Å². The van der Waals surface area contributed by atoms with E-state index in [1.807, 2.05) is 6.20 Å². The van der Waals surface area contributed by atoms with Crippen molar-refractivity contribution in [2.45, 2.75) is 64.3 Å². The maximum atomic E-state index is 5.07. The van der Waals surface area contributed by atoms with Gasteiger partial charge in [0.25, 0.3) is 0 Å². The van der Waals surface area contributed by atoms with Crippen LogP contribution in [0.2, 0.25) is 0 Å². The van der Waals surface area contributed by atoms with Gasteiger partial charge in [0.15, 0.2) is 0 Å². The molecule has 7 aromatic carbocycles. The summed E-state index contributed by atoms with van der Waals surface area (Å²) >= 11 is 0. The molecule has 0 bridgehead atoms. The molecule has 0 saturated carbocycles. The standard InChI is InChI=1S/C58H49N4.Pt/c1-56(2,3)40-28-30-51-48(34-40)47-29-27-43(35-54(47)62(51)55-36-41(31-32-59-55)57(4,5)6)58(49-23-12-10-21-45(49)46-22-11-13-24-50(46)58)42-19-16-20-44(33-42)61-38-60(37-39-17-8-7-9-18-39)52-25-14-15-26-53(52)61;/h7-32,34,36,38H,37H2,1-6H3;/q-3;. The maximum Gasteiger partial charge on any atom is 0.135 e. The zero-order valence-corrected chi connectivity index (χ0v) is 38.8. The van der Waals surface area contributed by atoms with E-state index in [4.69, 9.17) is 4.98 Å². The van der Waals surface area contributed by atoms with Gasteiger partial charge in [-0.1, -0.05) is 150 Å². The second-order valence-corrected chi connectivity index (χ2v) is 19.0. The average molecular weight is 997 g/mol.